The largest absolute Gasteiger partial charge is 0.408 e. The lowest BCUT2D eigenvalue weighted by Crippen LogP contribution is -2.31. The molecule has 0 bridgehead atoms. The number of hydrogen-bond donors (Lipinski definition) is 1. The molecule has 1 N–H and O–H groups in total. The van der Waals surface area contributed by atoms with Crippen LogP contribution in [0.15, 0.2) is 15.5 Å². The fraction of sp³-hybridized carbons (Fsp3) is 0.600. The summed E-state index contributed by atoms with van der Waals surface area (Å²) in [6, 6.07) is 0.223. The predicted molar refractivity (Wildman–Crippen MR) is 71.6 cm³/mol. The van der Waals surface area contributed by atoms with Crippen LogP contribution in [0.2, 0.25) is 0 Å². The van der Waals surface area contributed by atoms with Gasteiger partial charge in [-0.25, -0.2) is 4.68 Å². The van der Waals surface area contributed by atoms with Gasteiger partial charge in [0.1, 0.15) is 11.0 Å². The first-order valence-electron chi connectivity index (χ1n) is 5.53. The summed E-state index contributed by atoms with van der Waals surface area (Å²) in [6.45, 7) is -1.38. The molecule has 2 rings (SSSR count). The van der Waals surface area contributed by atoms with Crippen molar-refractivity contribution in [2.75, 3.05) is 16.8 Å². The van der Waals surface area contributed by atoms with Gasteiger partial charge in [-0.1, -0.05) is 0 Å². The Morgan fingerprint density at radius 2 is 2.32 bits per heavy atom. The smallest absolute Gasteiger partial charge is 0.379 e. The lowest BCUT2D eigenvalue weighted by atomic mass is 10.2. The second-order valence-electron chi connectivity index (χ2n) is 4.16. The highest BCUT2D eigenvalue weighted by atomic mass is 79.9. The van der Waals surface area contributed by atoms with Gasteiger partial charge in [0.25, 0.3) is 5.56 Å². The molecule has 2 heterocycles. The van der Waals surface area contributed by atoms with Crippen molar-refractivity contribution in [3.05, 3.63) is 21.0 Å². The Morgan fingerprint density at radius 3 is 2.89 bits per heavy atom. The molecule has 1 aromatic rings. The van der Waals surface area contributed by atoms with Crippen molar-refractivity contribution in [2.45, 2.75) is 25.2 Å². The maximum Gasteiger partial charge on any atom is 0.408 e. The van der Waals surface area contributed by atoms with Crippen LogP contribution in [-0.4, -0.2) is 33.5 Å². The fourth-order valence-corrected chi connectivity index (χ4v) is 3.29. The van der Waals surface area contributed by atoms with Gasteiger partial charge in [0, 0.05) is 11.8 Å². The molecular weight excluding hydrogens is 347 g/mol. The summed E-state index contributed by atoms with van der Waals surface area (Å²) in [4.78, 5) is 11.7. The number of hydrogen-bond acceptors (Lipinski definition) is 4. The molecule has 9 heteroatoms. The third-order valence-electron chi connectivity index (χ3n) is 2.60. The van der Waals surface area contributed by atoms with E-state index in [0.29, 0.717) is 10.4 Å². The van der Waals surface area contributed by atoms with E-state index in [1.54, 1.807) is 11.8 Å². The molecule has 1 aromatic heterocycles. The molecule has 19 heavy (non-hydrogen) atoms. The molecule has 0 saturated carbocycles. The van der Waals surface area contributed by atoms with Crippen molar-refractivity contribution in [2.24, 2.45) is 0 Å². The monoisotopic (exact) mass is 357 g/mol. The van der Waals surface area contributed by atoms with Gasteiger partial charge in [-0.05, 0) is 28.1 Å². The van der Waals surface area contributed by atoms with Crippen LogP contribution in [0.1, 0.15) is 6.42 Å². The molecule has 1 unspecified atom stereocenters. The molecule has 0 aliphatic carbocycles. The summed E-state index contributed by atoms with van der Waals surface area (Å²) in [6.07, 6.45) is -2.25. The topological polar surface area (TPSA) is 46.9 Å². The predicted octanol–water partition coefficient (Wildman–Crippen LogP) is 2.49. The molecule has 1 fully saturated rings. The van der Waals surface area contributed by atoms with Crippen LogP contribution < -0.4 is 10.9 Å². The van der Waals surface area contributed by atoms with E-state index >= 15 is 0 Å². The van der Waals surface area contributed by atoms with Crippen LogP contribution in [-0.2, 0) is 6.54 Å². The Hall–Kier alpha value is -0.700. The Balaban J connectivity index is 2.19. The molecule has 106 valence electrons. The van der Waals surface area contributed by atoms with Gasteiger partial charge < -0.3 is 5.32 Å². The summed E-state index contributed by atoms with van der Waals surface area (Å²) in [5.41, 5.74) is -0.344. The van der Waals surface area contributed by atoms with Gasteiger partial charge in [0.05, 0.1) is 11.9 Å². The molecule has 0 radical (unpaired) electrons. The minimum Gasteiger partial charge on any atom is -0.379 e. The average molecular weight is 358 g/mol. The number of thioether (sulfide) groups is 1. The van der Waals surface area contributed by atoms with E-state index in [1.165, 1.54) is 6.20 Å². The van der Waals surface area contributed by atoms with Gasteiger partial charge in [0.2, 0.25) is 0 Å². The van der Waals surface area contributed by atoms with E-state index in [0.717, 1.165) is 17.9 Å². The van der Waals surface area contributed by atoms with Gasteiger partial charge in [-0.15, -0.1) is 0 Å². The first kappa shape index (κ1) is 14.7. The Labute approximate surface area is 119 Å². The third-order valence-corrected chi connectivity index (χ3v) is 4.53. The number of halogens is 4. The molecule has 1 saturated heterocycles. The van der Waals surface area contributed by atoms with Crippen LogP contribution in [0, 0.1) is 0 Å². The fourth-order valence-electron chi connectivity index (χ4n) is 1.72. The number of alkyl halides is 3. The number of rotatable bonds is 3. The lowest BCUT2D eigenvalue weighted by Gasteiger charge is -2.15. The summed E-state index contributed by atoms with van der Waals surface area (Å²) in [5.74, 6) is 1.95. The van der Waals surface area contributed by atoms with Gasteiger partial charge in [-0.3, -0.25) is 4.79 Å². The standard InChI is InChI=1S/C10H11BrF3N3OS/c11-8-7(16-6-1-2-19-4-6)3-15-17(9(8)18)5-10(12,13)14/h3,6,16H,1-2,4-5H2. The van der Waals surface area contributed by atoms with Crippen molar-refractivity contribution in [3.63, 3.8) is 0 Å². The van der Waals surface area contributed by atoms with Gasteiger partial charge in [-0.2, -0.15) is 30.0 Å². The highest BCUT2D eigenvalue weighted by Gasteiger charge is 2.30. The van der Waals surface area contributed by atoms with Crippen molar-refractivity contribution in [3.8, 4) is 0 Å². The maximum atomic E-state index is 12.2. The lowest BCUT2D eigenvalue weighted by molar-refractivity contribution is -0.143. The zero-order valence-corrected chi connectivity index (χ0v) is 12.1. The quantitative estimate of drug-likeness (QED) is 0.902. The molecule has 1 atom stereocenters. The van der Waals surface area contributed by atoms with Gasteiger partial charge in [0.15, 0.2) is 0 Å². The Kier molecular flexibility index (Phi) is 4.44. The van der Waals surface area contributed by atoms with E-state index in [1.807, 2.05) is 0 Å². The third kappa shape index (κ3) is 3.88. The molecule has 0 amide bonds. The first-order chi connectivity index (χ1) is 8.87. The van der Waals surface area contributed by atoms with Crippen LogP contribution in [0.5, 0.6) is 0 Å². The molecule has 4 nitrogen and oxygen atoms in total. The molecule has 0 aromatic carbocycles. The van der Waals surface area contributed by atoms with Crippen LogP contribution in [0.4, 0.5) is 18.9 Å². The zero-order chi connectivity index (χ0) is 14.0. The summed E-state index contributed by atoms with van der Waals surface area (Å²) in [5, 5.41) is 6.67. The van der Waals surface area contributed by atoms with E-state index < -0.39 is 18.3 Å². The molecular formula is C10H11BrF3N3OS. The van der Waals surface area contributed by atoms with E-state index in [4.69, 9.17) is 0 Å². The van der Waals surface area contributed by atoms with Crippen molar-refractivity contribution in [1.29, 1.82) is 0 Å². The summed E-state index contributed by atoms with van der Waals surface area (Å²) < 4.78 is 37.2. The number of aromatic nitrogens is 2. The Morgan fingerprint density at radius 1 is 1.58 bits per heavy atom. The average Bonchev–Trinajstić information content (AvgIpc) is 2.80. The summed E-state index contributed by atoms with van der Waals surface area (Å²) in [7, 11) is 0. The molecule has 0 spiro atoms. The highest BCUT2D eigenvalue weighted by molar-refractivity contribution is 9.10. The minimum absolute atomic E-state index is 0.0867. The molecule has 1 aliphatic rings. The van der Waals surface area contributed by atoms with E-state index in [9.17, 15) is 18.0 Å². The second-order valence-corrected chi connectivity index (χ2v) is 6.10. The maximum absolute atomic E-state index is 12.2. The number of nitrogens with zero attached hydrogens (tertiary/aromatic N) is 2. The molecule has 1 aliphatic heterocycles. The highest BCUT2D eigenvalue weighted by Crippen LogP contribution is 2.24. The second kappa shape index (κ2) is 5.74. The SMILES string of the molecule is O=c1c(Br)c(NC2CCSC2)cnn1CC(F)(F)F. The number of anilines is 1. The zero-order valence-electron chi connectivity index (χ0n) is 9.71. The number of nitrogens with one attached hydrogen (secondary N) is 1. The van der Waals surface area contributed by atoms with Crippen molar-refractivity contribution < 1.29 is 13.2 Å². The summed E-state index contributed by atoms with van der Waals surface area (Å²) >= 11 is 4.83. The van der Waals surface area contributed by atoms with Crippen molar-refractivity contribution >= 4 is 33.4 Å². The normalized spacial score (nSPS) is 19.7. The minimum atomic E-state index is -4.46. The van der Waals surface area contributed by atoms with E-state index in [-0.39, 0.29) is 10.5 Å². The van der Waals surface area contributed by atoms with Gasteiger partial charge >= 0.3 is 6.18 Å². The van der Waals surface area contributed by atoms with Crippen molar-refractivity contribution in [1.82, 2.24) is 9.78 Å². The van der Waals surface area contributed by atoms with Crippen LogP contribution in [0.25, 0.3) is 0 Å². The van der Waals surface area contributed by atoms with Crippen LogP contribution >= 0.6 is 27.7 Å². The first-order valence-corrected chi connectivity index (χ1v) is 7.48. The Bertz CT molecular complexity index is 514. The van der Waals surface area contributed by atoms with E-state index in [2.05, 4.69) is 26.3 Å². The van der Waals surface area contributed by atoms with Crippen LogP contribution in [0.3, 0.4) is 0 Å².